The Labute approximate surface area is 107 Å². The van der Waals surface area contributed by atoms with Crippen LogP contribution in [0, 0.1) is 9.49 Å². The van der Waals surface area contributed by atoms with Gasteiger partial charge in [-0.3, -0.25) is 9.59 Å². The minimum absolute atomic E-state index is 0.0363. The molecule has 4 nitrogen and oxygen atoms in total. The van der Waals surface area contributed by atoms with Crippen LogP contribution in [0.25, 0.3) is 0 Å². The van der Waals surface area contributed by atoms with Crippen molar-refractivity contribution in [1.82, 2.24) is 0 Å². The highest BCUT2D eigenvalue weighted by atomic mass is 127. The van der Waals surface area contributed by atoms with E-state index < -0.39 is 5.91 Å². The lowest BCUT2D eigenvalue weighted by Crippen LogP contribution is -2.28. The molecule has 0 saturated carbocycles. The summed E-state index contributed by atoms with van der Waals surface area (Å²) in [5.41, 5.74) is 6.04. The zero-order chi connectivity index (χ0) is 11.7. The Bertz CT molecular complexity index is 447. The van der Waals surface area contributed by atoms with Gasteiger partial charge in [0, 0.05) is 22.2 Å². The molecule has 5 heteroatoms. The smallest absolute Gasteiger partial charge is 0.227 e. The standard InChI is InChI=1S/C11H11IN2O2/c12-8-2-1-3-9(5-8)14-6-7(11(13)16)4-10(14)15/h1-3,5,7H,4,6H2,(H2,13,16)/t7-/m1/s1. The lowest BCUT2D eigenvalue weighted by Gasteiger charge is -2.16. The fourth-order valence-corrected chi connectivity index (χ4v) is 2.32. The molecule has 1 aliphatic heterocycles. The average Bonchev–Trinajstić information content (AvgIpc) is 2.60. The van der Waals surface area contributed by atoms with Gasteiger partial charge < -0.3 is 10.6 Å². The first kappa shape index (κ1) is 11.4. The van der Waals surface area contributed by atoms with Gasteiger partial charge in [-0.25, -0.2) is 0 Å². The Kier molecular flexibility index (Phi) is 3.13. The molecule has 16 heavy (non-hydrogen) atoms. The van der Waals surface area contributed by atoms with Gasteiger partial charge in [-0.05, 0) is 40.8 Å². The predicted octanol–water partition coefficient (Wildman–Crippen LogP) is 1.13. The average molecular weight is 330 g/mol. The lowest BCUT2D eigenvalue weighted by molar-refractivity contribution is -0.123. The Morgan fingerprint density at radius 1 is 1.50 bits per heavy atom. The van der Waals surface area contributed by atoms with Crippen LogP contribution in [0.5, 0.6) is 0 Å². The Balaban J connectivity index is 2.23. The number of hydrogen-bond acceptors (Lipinski definition) is 2. The van der Waals surface area contributed by atoms with E-state index in [4.69, 9.17) is 5.73 Å². The number of halogens is 1. The van der Waals surface area contributed by atoms with Crippen molar-refractivity contribution in [3.63, 3.8) is 0 Å². The van der Waals surface area contributed by atoms with Crippen molar-refractivity contribution in [2.75, 3.05) is 11.4 Å². The number of carbonyl (C=O) groups excluding carboxylic acids is 2. The summed E-state index contributed by atoms with van der Waals surface area (Å²) in [5, 5.41) is 0. The van der Waals surface area contributed by atoms with Crippen molar-refractivity contribution in [1.29, 1.82) is 0 Å². The van der Waals surface area contributed by atoms with Crippen molar-refractivity contribution >= 4 is 40.1 Å². The summed E-state index contributed by atoms with van der Waals surface area (Å²) in [6.07, 6.45) is 0.223. The summed E-state index contributed by atoms with van der Waals surface area (Å²) in [6, 6.07) is 7.63. The van der Waals surface area contributed by atoms with Crippen LogP contribution in [-0.2, 0) is 9.59 Å². The summed E-state index contributed by atoms with van der Waals surface area (Å²) >= 11 is 2.19. The normalized spacial score (nSPS) is 20.2. The predicted molar refractivity (Wildman–Crippen MR) is 68.8 cm³/mol. The zero-order valence-electron chi connectivity index (χ0n) is 8.52. The Morgan fingerprint density at radius 3 is 2.81 bits per heavy atom. The molecule has 0 unspecified atom stereocenters. The van der Waals surface area contributed by atoms with Crippen LogP contribution in [0.2, 0.25) is 0 Å². The van der Waals surface area contributed by atoms with Crippen LogP contribution in [0.4, 0.5) is 5.69 Å². The first-order valence-electron chi connectivity index (χ1n) is 4.93. The third kappa shape index (κ3) is 2.18. The van der Waals surface area contributed by atoms with Gasteiger partial charge in [-0.2, -0.15) is 0 Å². The van der Waals surface area contributed by atoms with Crippen molar-refractivity contribution in [2.24, 2.45) is 11.7 Å². The second-order valence-electron chi connectivity index (χ2n) is 3.79. The molecule has 1 heterocycles. The Hall–Kier alpha value is -1.11. The molecule has 1 saturated heterocycles. The van der Waals surface area contributed by atoms with Crippen LogP contribution >= 0.6 is 22.6 Å². The third-order valence-corrected chi connectivity index (χ3v) is 3.32. The molecule has 2 amide bonds. The van der Waals surface area contributed by atoms with E-state index in [1.54, 1.807) is 4.90 Å². The Morgan fingerprint density at radius 2 is 2.25 bits per heavy atom. The fourth-order valence-electron chi connectivity index (χ4n) is 1.79. The molecule has 1 aromatic carbocycles. The van der Waals surface area contributed by atoms with E-state index in [1.165, 1.54) is 0 Å². The van der Waals surface area contributed by atoms with Crippen molar-refractivity contribution in [3.8, 4) is 0 Å². The second-order valence-corrected chi connectivity index (χ2v) is 5.03. The maximum absolute atomic E-state index is 11.7. The van der Waals surface area contributed by atoms with Gasteiger partial charge in [0.05, 0.1) is 5.92 Å². The lowest BCUT2D eigenvalue weighted by atomic mass is 10.1. The highest BCUT2D eigenvalue weighted by Crippen LogP contribution is 2.25. The van der Waals surface area contributed by atoms with E-state index >= 15 is 0 Å². The molecule has 84 valence electrons. The molecule has 0 aliphatic carbocycles. The SMILES string of the molecule is NC(=O)[C@@H]1CC(=O)N(c2cccc(I)c2)C1. The minimum atomic E-state index is -0.401. The van der Waals surface area contributed by atoms with Crippen LogP contribution in [-0.4, -0.2) is 18.4 Å². The van der Waals surface area contributed by atoms with E-state index in [2.05, 4.69) is 22.6 Å². The number of carbonyl (C=O) groups is 2. The minimum Gasteiger partial charge on any atom is -0.369 e. The van der Waals surface area contributed by atoms with Gasteiger partial charge in [0.15, 0.2) is 0 Å². The van der Waals surface area contributed by atoms with E-state index in [0.717, 1.165) is 9.26 Å². The molecule has 2 rings (SSSR count). The fraction of sp³-hybridized carbons (Fsp3) is 0.273. The topological polar surface area (TPSA) is 63.4 Å². The van der Waals surface area contributed by atoms with Crippen molar-refractivity contribution in [3.05, 3.63) is 27.8 Å². The number of hydrogen-bond donors (Lipinski definition) is 1. The summed E-state index contributed by atoms with van der Waals surface area (Å²) in [5.74, 6) is -0.794. The van der Waals surface area contributed by atoms with Gasteiger partial charge in [-0.15, -0.1) is 0 Å². The van der Waals surface area contributed by atoms with Gasteiger partial charge in [0.1, 0.15) is 0 Å². The number of nitrogens with zero attached hydrogens (tertiary/aromatic N) is 1. The quantitative estimate of drug-likeness (QED) is 0.827. The second kappa shape index (κ2) is 4.40. The number of primary amides is 1. The number of amides is 2. The van der Waals surface area contributed by atoms with Gasteiger partial charge in [0.25, 0.3) is 0 Å². The molecule has 0 radical (unpaired) electrons. The molecular formula is C11H11IN2O2. The summed E-state index contributed by atoms with van der Waals surface area (Å²) < 4.78 is 1.06. The monoisotopic (exact) mass is 330 g/mol. The molecule has 1 aliphatic rings. The highest BCUT2D eigenvalue weighted by Gasteiger charge is 2.33. The number of anilines is 1. The van der Waals surface area contributed by atoms with E-state index in [9.17, 15) is 9.59 Å². The molecule has 2 N–H and O–H groups in total. The van der Waals surface area contributed by atoms with Crippen LogP contribution < -0.4 is 10.6 Å². The number of rotatable bonds is 2. The molecule has 1 atom stereocenters. The largest absolute Gasteiger partial charge is 0.369 e. The van der Waals surface area contributed by atoms with Gasteiger partial charge in [0.2, 0.25) is 11.8 Å². The third-order valence-electron chi connectivity index (χ3n) is 2.65. The van der Waals surface area contributed by atoms with Gasteiger partial charge >= 0.3 is 0 Å². The molecule has 1 fully saturated rings. The maximum atomic E-state index is 11.7. The number of benzene rings is 1. The number of nitrogens with two attached hydrogens (primary N) is 1. The molecule has 0 spiro atoms. The van der Waals surface area contributed by atoms with E-state index in [1.807, 2.05) is 24.3 Å². The summed E-state index contributed by atoms with van der Waals surface area (Å²) in [6.45, 7) is 0.397. The van der Waals surface area contributed by atoms with Crippen LogP contribution in [0.15, 0.2) is 24.3 Å². The van der Waals surface area contributed by atoms with E-state index in [0.29, 0.717) is 6.54 Å². The van der Waals surface area contributed by atoms with Gasteiger partial charge in [-0.1, -0.05) is 6.07 Å². The molecule has 1 aromatic rings. The molecule has 0 bridgehead atoms. The van der Waals surface area contributed by atoms with E-state index in [-0.39, 0.29) is 18.2 Å². The molecule has 0 aromatic heterocycles. The highest BCUT2D eigenvalue weighted by molar-refractivity contribution is 14.1. The first-order valence-corrected chi connectivity index (χ1v) is 6.01. The zero-order valence-corrected chi connectivity index (χ0v) is 10.7. The van der Waals surface area contributed by atoms with Crippen LogP contribution in [0.3, 0.4) is 0 Å². The first-order chi connectivity index (χ1) is 7.58. The summed E-state index contributed by atoms with van der Waals surface area (Å²) in [7, 11) is 0. The van der Waals surface area contributed by atoms with Crippen LogP contribution in [0.1, 0.15) is 6.42 Å². The maximum Gasteiger partial charge on any atom is 0.227 e. The molecular weight excluding hydrogens is 319 g/mol. The van der Waals surface area contributed by atoms with Crippen molar-refractivity contribution in [2.45, 2.75) is 6.42 Å². The van der Waals surface area contributed by atoms with Crippen molar-refractivity contribution < 1.29 is 9.59 Å². The summed E-state index contributed by atoms with van der Waals surface area (Å²) in [4.78, 5) is 24.4.